The fraction of sp³-hybridized carbons (Fsp3) is 0.297. The van der Waals surface area contributed by atoms with E-state index in [1.165, 1.54) is 37.3 Å². The van der Waals surface area contributed by atoms with Gasteiger partial charge >= 0.3 is 0 Å². The predicted molar refractivity (Wildman–Crippen MR) is 184 cm³/mol. The molecule has 0 aliphatic carbocycles. The average molecular weight is 658 g/mol. The highest BCUT2D eigenvalue weighted by Crippen LogP contribution is 2.36. The molecule has 1 N–H and O–H groups in total. The van der Waals surface area contributed by atoms with Gasteiger partial charge in [0, 0.05) is 25.6 Å². The van der Waals surface area contributed by atoms with Gasteiger partial charge in [0.05, 0.1) is 24.8 Å². The van der Waals surface area contributed by atoms with Gasteiger partial charge in [-0.15, -0.1) is 0 Å². The maximum Gasteiger partial charge on any atom is 0.264 e. The van der Waals surface area contributed by atoms with Crippen molar-refractivity contribution in [2.45, 2.75) is 44.7 Å². The van der Waals surface area contributed by atoms with Crippen LogP contribution in [-0.4, -0.2) is 58.5 Å². The van der Waals surface area contributed by atoms with Gasteiger partial charge in [0.1, 0.15) is 24.1 Å². The van der Waals surface area contributed by atoms with Crippen LogP contribution >= 0.6 is 0 Å². The molecule has 0 aliphatic rings. The lowest BCUT2D eigenvalue weighted by Gasteiger charge is -2.34. The number of carbonyl (C=O) groups is 2. The summed E-state index contributed by atoms with van der Waals surface area (Å²) in [4.78, 5) is 30.2. The van der Waals surface area contributed by atoms with Gasteiger partial charge in [-0.05, 0) is 53.8 Å². The molecule has 10 heteroatoms. The van der Waals surface area contributed by atoms with E-state index < -0.39 is 28.5 Å². The molecule has 4 rings (SSSR count). The molecule has 248 valence electrons. The molecule has 9 nitrogen and oxygen atoms in total. The first-order chi connectivity index (χ1) is 22.5. The van der Waals surface area contributed by atoms with Crippen LogP contribution in [0.4, 0.5) is 5.69 Å². The molecule has 0 radical (unpaired) electrons. The number of aryl methyl sites for hydroxylation is 1. The quantitative estimate of drug-likeness (QED) is 0.178. The van der Waals surface area contributed by atoms with E-state index >= 15 is 0 Å². The smallest absolute Gasteiger partial charge is 0.264 e. The van der Waals surface area contributed by atoms with Crippen LogP contribution in [0.25, 0.3) is 0 Å². The molecule has 4 aromatic carbocycles. The Labute approximate surface area is 278 Å². The molecule has 0 fully saturated rings. The second kappa shape index (κ2) is 16.1. The van der Waals surface area contributed by atoms with Crippen molar-refractivity contribution in [1.29, 1.82) is 0 Å². The van der Waals surface area contributed by atoms with Crippen LogP contribution < -0.4 is 19.1 Å². The van der Waals surface area contributed by atoms with Gasteiger partial charge in [0.15, 0.2) is 0 Å². The number of amides is 2. The standard InChI is InChI=1S/C37H43N3O6S/c1-27(2)24-38-37(42)34(22-29-15-8-6-9-16-29)39(25-30-17-13-12-14-28(30)3)36(41)26-40(47(43,44)32-18-10-7-11-19-32)33-23-31(45-4)20-21-35(33)46-5/h6-21,23,27,34H,22,24-26H2,1-5H3,(H,38,42)/t34-/m1/s1. The molecule has 0 spiro atoms. The Morgan fingerprint density at radius 2 is 1.47 bits per heavy atom. The molecule has 2 amide bonds. The summed E-state index contributed by atoms with van der Waals surface area (Å²) in [7, 11) is -1.39. The highest BCUT2D eigenvalue weighted by atomic mass is 32.2. The summed E-state index contributed by atoms with van der Waals surface area (Å²) in [5, 5.41) is 3.01. The van der Waals surface area contributed by atoms with Crippen molar-refractivity contribution in [3.63, 3.8) is 0 Å². The number of hydrogen-bond acceptors (Lipinski definition) is 6. The predicted octanol–water partition coefficient (Wildman–Crippen LogP) is 5.62. The van der Waals surface area contributed by atoms with Crippen LogP contribution in [0.5, 0.6) is 11.5 Å². The van der Waals surface area contributed by atoms with Crippen LogP contribution in [0, 0.1) is 12.8 Å². The zero-order valence-corrected chi connectivity index (χ0v) is 28.4. The number of carbonyl (C=O) groups excluding carboxylic acids is 2. The van der Waals surface area contributed by atoms with Gasteiger partial charge in [0.2, 0.25) is 11.8 Å². The van der Waals surface area contributed by atoms with Crippen molar-refractivity contribution in [3.8, 4) is 11.5 Å². The van der Waals surface area contributed by atoms with Gasteiger partial charge in [-0.1, -0.05) is 86.6 Å². The van der Waals surface area contributed by atoms with E-state index in [9.17, 15) is 18.0 Å². The average Bonchev–Trinajstić information content (AvgIpc) is 3.08. The molecule has 0 heterocycles. The molecule has 0 saturated heterocycles. The number of sulfonamides is 1. The van der Waals surface area contributed by atoms with Crippen LogP contribution in [0.1, 0.15) is 30.5 Å². The number of rotatable bonds is 15. The van der Waals surface area contributed by atoms with Crippen molar-refractivity contribution in [2.75, 3.05) is 31.6 Å². The van der Waals surface area contributed by atoms with Crippen molar-refractivity contribution >= 4 is 27.5 Å². The largest absolute Gasteiger partial charge is 0.497 e. The zero-order valence-electron chi connectivity index (χ0n) is 27.6. The van der Waals surface area contributed by atoms with Crippen LogP contribution in [0.2, 0.25) is 0 Å². The molecular weight excluding hydrogens is 614 g/mol. The first-order valence-corrected chi connectivity index (χ1v) is 16.9. The number of benzene rings is 4. The van der Waals surface area contributed by atoms with Gasteiger partial charge < -0.3 is 19.7 Å². The lowest BCUT2D eigenvalue weighted by molar-refractivity contribution is -0.140. The van der Waals surface area contributed by atoms with Gasteiger partial charge in [-0.25, -0.2) is 8.42 Å². The second-order valence-corrected chi connectivity index (χ2v) is 13.5. The van der Waals surface area contributed by atoms with Crippen molar-refractivity contribution < 1.29 is 27.5 Å². The minimum absolute atomic E-state index is 0.00126. The van der Waals surface area contributed by atoms with Crippen molar-refractivity contribution in [2.24, 2.45) is 5.92 Å². The maximum atomic E-state index is 14.7. The Bertz CT molecular complexity index is 1750. The number of hydrogen-bond donors (Lipinski definition) is 1. The summed E-state index contributed by atoms with van der Waals surface area (Å²) < 4.78 is 40.7. The van der Waals surface area contributed by atoms with Crippen molar-refractivity contribution in [3.05, 3.63) is 120 Å². The first-order valence-electron chi connectivity index (χ1n) is 15.5. The normalized spacial score (nSPS) is 11.9. The van der Waals surface area contributed by atoms with Crippen LogP contribution in [0.15, 0.2) is 108 Å². The SMILES string of the molecule is COc1ccc(OC)c(N(CC(=O)N(Cc2ccccc2C)[C@H](Cc2ccccc2)C(=O)NCC(C)C)S(=O)(=O)c2ccccc2)c1. The molecule has 0 aromatic heterocycles. The third-order valence-electron chi connectivity index (χ3n) is 7.82. The number of methoxy groups -OCH3 is 2. The van der Waals surface area contributed by atoms with E-state index in [1.807, 2.05) is 75.4 Å². The zero-order chi connectivity index (χ0) is 34.0. The first kappa shape index (κ1) is 35.0. The highest BCUT2D eigenvalue weighted by molar-refractivity contribution is 7.92. The third-order valence-corrected chi connectivity index (χ3v) is 9.60. The number of nitrogens with one attached hydrogen (secondary N) is 1. The summed E-state index contributed by atoms with van der Waals surface area (Å²) in [5.41, 5.74) is 2.77. The highest BCUT2D eigenvalue weighted by Gasteiger charge is 2.36. The number of nitrogens with zero attached hydrogens (tertiary/aromatic N) is 2. The van der Waals surface area contributed by atoms with Gasteiger partial charge in [-0.3, -0.25) is 13.9 Å². The molecular formula is C37H43N3O6S. The third kappa shape index (κ3) is 8.92. The minimum atomic E-state index is -4.30. The van der Waals surface area contributed by atoms with Crippen molar-refractivity contribution in [1.82, 2.24) is 10.2 Å². The van der Waals surface area contributed by atoms with E-state index in [1.54, 1.807) is 30.3 Å². The fourth-order valence-electron chi connectivity index (χ4n) is 5.17. The lowest BCUT2D eigenvalue weighted by atomic mass is 10.0. The number of anilines is 1. The molecule has 0 saturated carbocycles. The monoisotopic (exact) mass is 657 g/mol. The van der Waals surface area contributed by atoms with E-state index in [2.05, 4.69) is 5.32 Å². The number of ether oxygens (including phenoxy) is 2. The second-order valence-electron chi connectivity index (χ2n) is 11.7. The lowest BCUT2D eigenvalue weighted by Crippen LogP contribution is -2.53. The van der Waals surface area contributed by atoms with Crippen LogP contribution in [0.3, 0.4) is 0 Å². The Balaban J connectivity index is 1.86. The summed E-state index contributed by atoms with van der Waals surface area (Å²) >= 11 is 0. The fourth-order valence-corrected chi connectivity index (χ4v) is 6.61. The van der Waals surface area contributed by atoms with E-state index in [0.717, 1.165) is 21.0 Å². The van der Waals surface area contributed by atoms with E-state index in [4.69, 9.17) is 9.47 Å². The van der Waals surface area contributed by atoms with E-state index in [0.29, 0.717) is 12.3 Å². The topological polar surface area (TPSA) is 105 Å². The Kier molecular flexibility index (Phi) is 12.0. The Hall–Kier alpha value is -4.83. The maximum absolute atomic E-state index is 14.7. The Morgan fingerprint density at radius 1 is 0.830 bits per heavy atom. The summed E-state index contributed by atoms with van der Waals surface area (Å²) in [6.45, 7) is 5.84. The molecule has 47 heavy (non-hydrogen) atoms. The minimum Gasteiger partial charge on any atom is -0.497 e. The van der Waals surface area contributed by atoms with Gasteiger partial charge in [-0.2, -0.15) is 0 Å². The molecule has 0 unspecified atom stereocenters. The summed E-state index contributed by atoms with van der Waals surface area (Å²) in [5.74, 6) is -0.0737. The van der Waals surface area contributed by atoms with Gasteiger partial charge in [0.25, 0.3) is 10.0 Å². The van der Waals surface area contributed by atoms with Crippen LogP contribution in [-0.2, 0) is 32.6 Å². The van der Waals surface area contributed by atoms with E-state index in [-0.39, 0.29) is 41.1 Å². The molecule has 1 atom stereocenters. The summed E-state index contributed by atoms with van der Waals surface area (Å²) in [6.07, 6.45) is 0.232. The molecule has 4 aromatic rings. The Morgan fingerprint density at radius 3 is 2.09 bits per heavy atom. The summed E-state index contributed by atoms with van der Waals surface area (Å²) in [6, 6.07) is 28.8. The molecule has 0 aliphatic heterocycles. The molecule has 0 bridgehead atoms.